The van der Waals surface area contributed by atoms with Gasteiger partial charge in [-0.3, -0.25) is 9.59 Å². The molecule has 3 atom stereocenters. The Morgan fingerprint density at radius 2 is 0.658 bits per heavy atom. The van der Waals surface area contributed by atoms with Crippen LogP contribution in [-0.2, 0) is 19.1 Å². The maximum absolute atomic E-state index is 12.2. The number of unbranched alkanes of at least 4 members (excludes halogenated alkanes) is 45. The lowest BCUT2D eigenvalue weighted by molar-refractivity contribution is -0.146. The number of esters is 2. The summed E-state index contributed by atoms with van der Waals surface area (Å²) in [7, 11) is 0. The van der Waals surface area contributed by atoms with Gasteiger partial charge in [-0.25, -0.2) is 0 Å². The summed E-state index contributed by atoms with van der Waals surface area (Å²) < 4.78 is 10.8. The smallest absolute Gasteiger partial charge is 0.305 e. The summed E-state index contributed by atoms with van der Waals surface area (Å²) in [4.78, 5) is 24.3. The van der Waals surface area contributed by atoms with E-state index in [0.717, 1.165) is 51.4 Å². The Balaban J connectivity index is 3.33. The summed E-state index contributed by atoms with van der Waals surface area (Å²) in [6.07, 6.45) is 72.8. The highest BCUT2D eigenvalue weighted by Crippen LogP contribution is 2.19. The SMILES string of the molecule is CCCCC/C=C\C/C=C\CCCCCCCC(=O)OCCCCCCCCCCCCCCCCCCCCCCCCCCCCCC(=O)OCC(N)C(O)C(O)CCCCCCCCCCCCCC. The molecule has 4 N–H and O–H groups in total. The van der Waals surface area contributed by atoms with Crippen LogP contribution >= 0.6 is 0 Å². The Labute approximate surface area is 455 Å². The van der Waals surface area contributed by atoms with Crippen molar-refractivity contribution in [2.75, 3.05) is 13.2 Å². The van der Waals surface area contributed by atoms with Crippen LogP contribution in [0.3, 0.4) is 0 Å². The van der Waals surface area contributed by atoms with Crippen molar-refractivity contribution in [2.45, 2.75) is 372 Å². The Kier molecular flexibility index (Phi) is 59.7. The number of carbonyl (C=O) groups excluding carboxylic acids is 2. The zero-order valence-corrected chi connectivity index (χ0v) is 49.0. The average Bonchev–Trinajstić information content (AvgIpc) is 3.39. The van der Waals surface area contributed by atoms with E-state index in [1.165, 1.54) is 270 Å². The van der Waals surface area contributed by atoms with Gasteiger partial charge in [0.05, 0.1) is 24.9 Å². The van der Waals surface area contributed by atoms with Crippen LogP contribution in [0.25, 0.3) is 0 Å². The van der Waals surface area contributed by atoms with E-state index in [2.05, 4.69) is 38.2 Å². The number of hydrogen-bond acceptors (Lipinski definition) is 7. The molecule has 0 aliphatic carbocycles. The molecular weight excluding hydrogens is 903 g/mol. The largest absolute Gasteiger partial charge is 0.466 e. The molecule has 3 unspecified atom stereocenters. The van der Waals surface area contributed by atoms with Crippen LogP contribution in [0.4, 0.5) is 0 Å². The molecule has 0 aromatic heterocycles. The normalized spacial score (nSPS) is 13.1. The third-order valence-corrected chi connectivity index (χ3v) is 15.2. The Hall–Kier alpha value is -1.70. The van der Waals surface area contributed by atoms with Gasteiger partial charge >= 0.3 is 11.9 Å². The van der Waals surface area contributed by atoms with Crippen molar-refractivity contribution in [2.24, 2.45) is 5.73 Å². The molecule has 0 aliphatic heterocycles. The molecule has 0 saturated carbocycles. The maximum Gasteiger partial charge on any atom is 0.305 e. The minimum atomic E-state index is -1.06. The maximum atomic E-state index is 12.2. The average molecular weight is 1030 g/mol. The highest BCUT2D eigenvalue weighted by molar-refractivity contribution is 5.69. The fourth-order valence-electron chi connectivity index (χ4n) is 10.1. The standard InChI is InChI=1S/C66H127NO6/c1-3-5-7-9-11-13-15-17-31-34-38-42-46-50-54-58-64(69)72-60-56-52-48-44-40-36-33-30-28-26-24-22-20-18-19-21-23-25-27-29-32-35-39-43-47-51-55-59-65(70)73-61-62(67)66(71)63(68)57-53-49-45-41-37-16-14-12-10-8-6-4-2/h11,13,17,31,62-63,66,68,71H,3-10,12,14-16,18-30,32-61,67H2,1-2H3/b13-11-,31-17-. The van der Waals surface area contributed by atoms with Gasteiger partial charge in [-0.2, -0.15) is 0 Å². The monoisotopic (exact) mass is 1030 g/mol. The molecule has 0 saturated heterocycles. The predicted molar refractivity (Wildman–Crippen MR) is 316 cm³/mol. The number of carbonyl (C=O) groups is 2. The van der Waals surface area contributed by atoms with E-state index < -0.39 is 18.2 Å². The van der Waals surface area contributed by atoms with Crippen molar-refractivity contribution in [3.05, 3.63) is 24.3 Å². The number of nitrogens with two attached hydrogens (primary N) is 1. The summed E-state index contributed by atoms with van der Waals surface area (Å²) in [6, 6.07) is -0.754. The first-order valence-electron chi connectivity index (χ1n) is 32.6. The summed E-state index contributed by atoms with van der Waals surface area (Å²) in [5.74, 6) is -0.251. The lowest BCUT2D eigenvalue weighted by atomic mass is 10.00. The van der Waals surface area contributed by atoms with Gasteiger partial charge < -0.3 is 25.4 Å². The molecule has 0 rings (SSSR count). The highest BCUT2D eigenvalue weighted by Gasteiger charge is 2.24. The van der Waals surface area contributed by atoms with Crippen LogP contribution < -0.4 is 5.73 Å². The van der Waals surface area contributed by atoms with Gasteiger partial charge in [-0.05, 0) is 57.8 Å². The van der Waals surface area contributed by atoms with Crippen molar-refractivity contribution < 1.29 is 29.3 Å². The first kappa shape index (κ1) is 71.3. The molecule has 0 spiro atoms. The van der Waals surface area contributed by atoms with E-state index >= 15 is 0 Å². The van der Waals surface area contributed by atoms with Crippen molar-refractivity contribution in [1.82, 2.24) is 0 Å². The van der Waals surface area contributed by atoms with Crippen molar-refractivity contribution in [3.8, 4) is 0 Å². The fourth-order valence-corrected chi connectivity index (χ4v) is 10.1. The zero-order chi connectivity index (χ0) is 53.0. The predicted octanol–water partition coefficient (Wildman–Crippen LogP) is 19.9. The number of allylic oxidation sites excluding steroid dienone is 4. The van der Waals surface area contributed by atoms with Gasteiger partial charge in [0.15, 0.2) is 0 Å². The van der Waals surface area contributed by atoms with Crippen LogP contribution in [0.1, 0.15) is 354 Å². The van der Waals surface area contributed by atoms with Crippen LogP contribution in [0.15, 0.2) is 24.3 Å². The molecule has 0 bridgehead atoms. The molecule has 0 amide bonds. The Morgan fingerprint density at radius 3 is 1.04 bits per heavy atom. The molecule has 0 aliphatic rings. The summed E-state index contributed by atoms with van der Waals surface area (Å²) in [5.41, 5.74) is 6.06. The lowest BCUT2D eigenvalue weighted by Gasteiger charge is -2.23. The van der Waals surface area contributed by atoms with Gasteiger partial charge in [-0.15, -0.1) is 0 Å². The molecule has 0 aromatic rings. The molecular formula is C66H127NO6. The van der Waals surface area contributed by atoms with E-state index in [-0.39, 0.29) is 18.5 Å². The molecule has 0 aromatic carbocycles. The summed E-state index contributed by atoms with van der Waals surface area (Å²) >= 11 is 0. The molecule has 7 nitrogen and oxygen atoms in total. The van der Waals surface area contributed by atoms with Gasteiger partial charge in [0.25, 0.3) is 0 Å². The van der Waals surface area contributed by atoms with E-state index in [1.807, 2.05) is 0 Å². The number of ether oxygens (including phenoxy) is 2. The van der Waals surface area contributed by atoms with Crippen LogP contribution in [0.5, 0.6) is 0 Å². The van der Waals surface area contributed by atoms with Crippen molar-refractivity contribution in [3.63, 3.8) is 0 Å². The minimum absolute atomic E-state index is 0.00225. The van der Waals surface area contributed by atoms with Gasteiger partial charge in [0.2, 0.25) is 0 Å². The first-order valence-corrected chi connectivity index (χ1v) is 32.6. The molecule has 73 heavy (non-hydrogen) atoms. The summed E-state index contributed by atoms with van der Waals surface area (Å²) in [6.45, 7) is 5.08. The molecule has 0 radical (unpaired) electrons. The van der Waals surface area contributed by atoms with Gasteiger partial charge in [0.1, 0.15) is 6.61 Å². The minimum Gasteiger partial charge on any atom is -0.466 e. The van der Waals surface area contributed by atoms with E-state index in [9.17, 15) is 19.8 Å². The third-order valence-electron chi connectivity index (χ3n) is 15.2. The summed E-state index contributed by atoms with van der Waals surface area (Å²) in [5, 5.41) is 20.8. The number of rotatable bonds is 61. The quantitative estimate of drug-likeness (QED) is 0.0315. The lowest BCUT2D eigenvalue weighted by Crippen LogP contribution is -2.46. The topological polar surface area (TPSA) is 119 Å². The van der Waals surface area contributed by atoms with Crippen LogP contribution in [0.2, 0.25) is 0 Å². The number of aliphatic hydroxyl groups excluding tert-OH is 2. The van der Waals surface area contributed by atoms with E-state index in [4.69, 9.17) is 15.2 Å². The van der Waals surface area contributed by atoms with Crippen LogP contribution in [-0.4, -0.2) is 53.6 Å². The van der Waals surface area contributed by atoms with Crippen LogP contribution in [0, 0.1) is 0 Å². The second kappa shape index (κ2) is 61.2. The number of hydrogen-bond donors (Lipinski definition) is 3. The zero-order valence-electron chi connectivity index (χ0n) is 49.0. The Morgan fingerprint density at radius 1 is 0.370 bits per heavy atom. The van der Waals surface area contributed by atoms with Gasteiger partial charge in [-0.1, -0.05) is 308 Å². The molecule has 7 heteroatoms. The molecule has 432 valence electrons. The number of aliphatic hydroxyl groups is 2. The van der Waals surface area contributed by atoms with Gasteiger partial charge in [0, 0.05) is 12.8 Å². The molecule has 0 heterocycles. The van der Waals surface area contributed by atoms with E-state index in [1.54, 1.807) is 0 Å². The fraction of sp³-hybridized carbons (Fsp3) is 0.909. The van der Waals surface area contributed by atoms with Crippen molar-refractivity contribution >= 4 is 11.9 Å². The van der Waals surface area contributed by atoms with E-state index in [0.29, 0.717) is 25.9 Å². The third kappa shape index (κ3) is 57.8. The van der Waals surface area contributed by atoms with Crippen molar-refractivity contribution in [1.29, 1.82) is 0 Å². The second-order valence-electron chi connectivity index (χ2n) is 22.6. The highest BCUT2D eigenvalue weighted by atomic mass is 16.5. The second-order valence-corrected chi connectivity index (χ2v) is 22.6. The molecule has 0 fully saturated rings. The Bertz CT molecular complexity index is 1160. The first-order chi connectivity index (χ1) is 35.9.